The molecule has 6 aromatic rings. The second-order valence-corrected chi connectivity index (χ2v) is 27.8. The van der Waals surface area contributed by atoms with E-state index in [-0.39, 0.29) is 37.4 Å². The first kappa shape index (κ1) is 75.0. The molecule has 2 aliphatic heterocycles. The Hall–Kier alpha value is -6.36. The molecule has 11 nitrogen and oxygen atoms in total. The average molecular weight is 1340 g/mol. The summed E-state index contributed by atoms with van der Waals surface area (Å²) >= 11 is 0. The highest BCUT2D eigenvalue weighted by Crippen LogP contribution is 2.56. The number of piperidine rings is 2. The number of halogens is 9. The maximum atomic E-state index is 14.1. The third-order valence-electron chi connectivity index (χ3n) is 17.6. The molecule has 0 spiro atoms. The maximum Gasteiger partial charge on any atom is 0.460 e. The molecular formula is C73H91F9N2O9S. The molecule has 0 bridgehead atoms. The van der Waals surface area contributed by atoms with Crippen LogP contribution in [-0.2, 0) is 41.9 Å². The van der Waals surface area contributed by atoms with Crippen LogP contribution in [0.1, 0.15) is 156 Å². The number of ether oxygens (including phenoxy) is 6. The molecule has 0 saturated carbocycles. The lowest BCUT2D eigenvalue weighted by molar-refractivity contribution is -0.382. The van der Waals surface area contributed by atoms with Crippen LogP contribution in [0.2, 0.25) is 0 Å². The van der Waals surface area contributed by atoms with Crippen LogP contribution in [0.25, 0.3) is 0 Å². The molecule has 2 fully saturated rings. The Kier molecular flexibility index (Phi) is 24.9. The summed E-state index contributed by atoms with van der Waals surface area (Å²) in [4.78, 5) is 2.50. The number of aryl methyl sites for hydroxylation is 2. The second kappa shape index (κ2) is 31.2. The van der Waals surface area contributed by atoms with Gasteiger partial charge in [-0.05, 0) is 211 Å². The van der Waals surface area contributed by atoms with Gasteiger partial charge in [-0.15, -0.1) is 0 Å². The van der Waals surface area contributed by atoms with Crippen molar-refractivity contribution in [2.75, 3.05) is 59.5 Å². The zero-order chi connectivity index (χ0) is 67.7. The van der Waals surface area contributed by atoms with Crippen LogP contribution >= 0.6 is 0 Å². The Balaban J connectivity index is 0.000000228. The molecule has 0 amide bonds. The number of hydrogen-bond acceptors (Lipinski definition) is 11. The molecule has 2 saturated heterocycles. The SMILES string of the molecule is C.CC(C)(C)Oc1ccc2c(c1)CC[C@H](c1ccccc1)[C@@H]2c1ccc(OS(=O)(=O)C(F)(F)C(F)(F)C(F)(F)C(F)(F)F)cc1.COC(OC)C1CCN(c2ccc([C@@H]3c4ccc(OC(C)(C)C)cc4CC[C@@H]3c3ccccc3)cc2)CC1.COC(OC)C1CCNCC1. The minimum atomic E-state index is -7.39. The zero-order valence-electron chi connectivity index (χ0n) is 54.4. The van der Waals surface area contributed by atoms with E-state index in [9.17, 15) is 47.9 Å². The summed E-state index contributed by atoms with van der Waals surface area (Å²) in [6.45, 7) is 16.2. The van der Waals surface area contributed by atoms with Crippen molar-refractivity contribution in [3.63, 3.8) is 0 Å². The van der Waals surface area contributed by atoms with Gasteiger partial charge in [0.05, 0.1) is 0 Å². The predicted octanol–water partition coefficient (Wildman–Crippen LogP) is 17.7. The van der Waals surface area contributed by atoms with E-state index in [4.69, 9.17) is 28.4 Å². The van der Waals surface area contributed by atoms with Crippen LogP contribution < -0.4 is 23.9 Å². The highest BCUT2D eigenvalue weighted by Gasteiger charge is 2.86. The Bertz CT molecular complexity index is 3440. The number of nitrogens with zero attached hydrogens (tertiary/aromatic N) is 1. The van der Waals surface area contributed by atoms with Gasteiger partial charge in [-0.25, -0.2) is 0 Å². The van der Waals surface area contributed by atoms with E-state index in [0.717, 1.165) is 99.3 Å². The number of fused-ring (bicyclic) bond motifs is 2. The van der Waals surface area contributed by atoms with E-state index < -0.39 is 44.7 Å². The number of alkyl halides is 9. The molecule has 0 aromatic heterocycles. The molecule has 10 rings (SSSR count). The highest BCUT2D eigenvalue weighted by molar-refractivity contribution is 7.88. The minimum Gasteiger partial charge on any atom is -0.488 e. The summed E-state index contributed by atoms with van der Waals surface area (Å²) in [5.41, 5.74) is 9.65. The molecule has 2 aliphatic carbocycles. The predicted molar refractivity (Wildman–Crippen MR) is 349 cm³/mol. The van der Waals surface area contributed by atoms with E-state index in [1.807, 2.05) is 63.2 Å². The van der Waals surface area contributed by atoms with Crippen LogP contribution in [0.4, 0.5) is 45.2 Å². The number of nitrogens with one attached hydrogen (secondary N) is 1. The van der Waals surface area contributed by atoms with Gasteiger partial charge in [0.2, 0.25) is 0 Å². The molecule has 0 unspecified atom stereocenters. The number of methoxy groups -OCH3 is 4. The Labute approximate surface area is 549 Å². The standard InChI is InChI=1S/C34H43NO3.C30H27F9O4S.C8H17NO2.CH4/c1-34(2,3)38-29-16-18-31-27(23-29)13-17-30(24-9-7-6-8-10-24)32(31)25-11-14-28(15-12-25)35-21-19-26(20-22-35)33(36-4)37-5;1-26(2,3)42-22-14-16-24-20(17-22)11-15-23(18-7-5-4-6-8-18)25(24)19-9-12-21(13-10-19)43-44(40,41)30(38,39)28(33,34)27(31,32)29(35,36)37;1-10-8(11-2)7-3-5-9-6-4-7;/h6-12,14-16,18,23,26,30,32-33H,13,17,19-22H2,1-5H3;4-10,12-14,16-17,23,25H,11,15H2,1-3H3;7-9H,3-6H2,1-2H3;1H4/t30-,32+;23-,25+;;/m11../s1. The van der Waals surface area contributed by atoms with E-state index in [1.165, 1.54) is 40.1 Å². The number of rotatable bonds is 18. The zero-order valence-corrected chi connectivity index (χ0v) is 55.2. The Morgan fingerprint density at radius 2 is 0.851 bits per heavy atom. The second-order valence-electron chi connectivity index (χ2n) is 26.2. The maximum absolute atomic E-state index is 14.1. The van der Waals surface area contributed by atoms with Crippen molar-refractivity contribution < 1.29 is 80.5 Å². The van der Waals surface area contributed by atoms with Gasteiger partial charge in [0.15, 0.2) is 12.6 Å². The highest BCUT2D eigenvalue weighted by atomic mass is 32.2. The molecule has 0 radical (unpaired) electrons. The van der Waals surface area contributed by atoms with Gasteiger partial charge in [0.1, 0.15) is 28.5 Å². The molecule has 21 heteroatoms. The fourth-order valence-electron chi connectivity index (χ4n) is 13.2. The van der Waals surface area contributed by atoms with Gasteiger partial charge in [0, 0.05) is 70.9 Å². The summed E-state index contributed by atoms with van der Waals surface area (Å²) in [7, 11) is -0.162. The summed E-state index contributed by atoms with van der Waals surface area (Å²) in [6.07, 6.45) is 0.756. The van der Waals surface area contributed by atoms with Crippen LogP contribution in [0.15, 0.2) is 146 Å². The fraction of sp³-hybridized carbons (Fsp3) is 0.507. The smallest absolute Gasteiger partial charge is 0.460 e. The number of hydrogen-bond donors (Lipinski definition) is 1. The van der Waals surface area contributed by atoms with Crippen molar-refractivity contribution in [3.8, 4) is 17.2 Å². The third-order valence-corrected chi connectivity index (χ3v) is 18.9. The van der Waals surface area contributed by atoms with Gasteiger partial charge in [-0.3, -0.25) is 0 Å². The van der Waals surface area contributed by atoms with Crippen molar-refractivity contribution in [2.45, 2.75) is 171 Å². The Morgan fingerprint density at radius 1 is 0.468 bits per heavy atom. The van der Waals surface area contributed by atoms with Gasteiger partial charge in [-0.2, -0.15) is 47.9 Å². The van der Waals surface area contributed by atoms with Crippen molar-refractivity contribution >= 4 is 15.8 Å². The number of benzene rings is 6. The first-order valence-electron chi connectivity index (χ1n) is 31.5. The Morgan fingerprint density at radius 3 is 1.23 bits per heavy atom. The van der Waals surface area contributed by atoms with E-state index >= 15 is 0 Å². The molecule has 6 aromatic carbocycles. The molecule has 516 valence electrons. The van der Waals surface area contributed by atoms with E-state index in [2.05, 4.69) is 108 Å². The molecular weight excluding hydrogens is 1250 g/mol. The van der Waals surface area contributed by atoms with Crippen molar-refractivity contribution in [1.82, 2.24) is 5.32 Å². The summed E-state index contributed by atoms with van der Waals surface area (Å²) in [6, 6.07) is 46.3. The van der Waals surface area contributed by atoms with Crippen molar-refractivity contribution in [3.05, 3.63) is 190 Å². The first-order chi connectivity index (χ1) is 43.8. The molecule has 1 N–H and O–H groups in total. The quantitative estimate of drug-likeness (QED) is 0.0504. The summed E-state index contributed by atoms with van der Waals surface area (Å²) in [5.74, 6) is -12.8. The van der Waals surface area contributed by atoms with Crippen molar-refractivity contribution in [2.24, 2.45) is 11.8 Å². The molecule has 94 heavy (non-hydrogen) atoms. The molecule has 2 heterocycles. The summed E-state index contributed by atoms with van der Waals surface area (Å²) in [5, 5.41) is -3.65. The molecule has 4 atom stereocenters. The van der Waals surface area contributed by atoms with E-state index in [1.54, 1.807) is 34.5 Å². The van der Waals surface area contributed by atoms with Gasteiger partial charge in [0.25, 0.3) is 0 Å². The lowest BCUT2D eigenvalue weighted by Gasteiger charge is -2.37. The average Bonchev–Trinajstić information content (AvgIpc) is 0.729. The first-order valence-corrected chi connectivity index (χ1v) is 32.9. The van der Waals surface area contributed by atoms with Crippen LogP contribution in [0.3, 0.4) is 0 Å². The lowest BCUT2D eigenvalue weighted by atomic mass is 9.69. The third kappa shape index (κ3) is 17.6. The fourth-order valence-corrected chi connectivity index (χ4v) is 14.1. The minimum absolute atomic E-state index is 0. The van der Waals surface area contributed by atoms with Gasteiger partial charge in [-0.1, -0.05) is 104 Å². The lowest BCUT2D eigenvalue weighted by Crippen LogP contribution is -2.63. The van der Waals surface area contributed by atoms with Crippen molar-refractivity contribution in [1.29, 1.82) is 0 Å². The van der Waals surface area contributed by atoms with Crippen LogP contribution in [-0.4, -0.2) is 110 Å². The molecule has 4 aliphatic rings. The summed E-state index contributed by atoms with van der Waals surface area (Å²) < 4.78 is 181. The van der Waals surface area contributed by atoms with Gasteiger partial charge < -0.3 is 42.8 Å². The van der Waals surface area contributed by atoms with E-state index in [0.29, 0.717) is 47.8 Å². The topological polar surface area (TPSA) is 114 Å². The normalized spacial score (nSPS) is 19.4. The monoisotopic (exact) mass is 1340 g/mol. The van der Waals surface area contributed by atoms with Crippen LogP contribution in [0, 0.1) is 11.8 Å². The van der Waals surface area contributed by atoms with Crippen LogP contribution in [0.5, 0.6) is 17.2 Å². The largest absolute Gasteiger partial charge is 0.488 e. The number of anilines is 1. The van der Waals surface area contributed by atoms with Gasteiger partial charge >= 0.3 is 33.4 Å².